The van der Waals surface area contributed by atoms with Crippen molar-refractivity contribution in [2.24, 2.45) is 4.99 Å². The Morgan fingerprint density at radius 2 is 1.77 bits per heavy atom. The van der Waals surface area contributed by atoms with E-state index in [4.69, 9.17) is 9.47 Å². The summed E-state index contributed by atoms with van der Waals surface area (Å²) in [7, 11) is 1.58. The third-order valence-corrected chi connectivity index (χ3v) is 4.18. The number of aliphatic imine (C=N–C) groups is 1. The zero-order valence-corrected chi connectivity index (χ0v) is 19.0. The molecule has 1 heterocycles. The third-order valence-electron chi connectivity index (χ3n) is 4.18. The van der Waals surface area contributed by atoms with E-state index in [0.29, 0.717) is 41.7 Å². The van der Waals surface area contributed by atoms with Gasteiger partial charge in [0.2, 0.25) is 6.79 Å². The quantitative estimate of drug-likeness (QED) is 0.204. The summed E-state index contributed by atoms with van der Waals surface area (Å²) in [6, 6.07) is 11.8. The number of guanidine groups is 1. The Bertz CT molecular complexity index is 900. The van der Waals surface area contributed by atoms with Gasteiger partial charge in [0.05, 0.1) is 0 Å². The number of carbonyl (C=O) groups excluding carboxylic acids is 1. The highest BCUT2D eigenvalue weighted by Crippen LogP contribution is 2.38. The van der Waals surface area contributed by atoms with Crippen molar-refractivity contribution in [2.75, 3.05) is 26.9 Å². The number of halogens is 3. The van der Waals surface area contributed by atoms with Crippen LogP contribution in [0.4, 0.5) is 8.78 Å². The topological polar surface area (TPSA) is 93.2 Å². The van der Waals surface area contributed by atoms with Crippen molar-refractivity contribution in [1.82, 2.24) is 16.0 Å². The molecule has 2 aromatic rings. The van der Waals surface area contributed by atoms with E-state index >= 15 is 0 Å². The molecule has 0 saturated carbocycles. The van der Waals surface area contributed by atoms with E-state index in [1.165, 1.54) is 6.07 Å². The monoisotopic (exact) mass is 548 g/mol. The molecule has 0 unspecified atom stereocenters. The largest absolute Gasteiger partial charge is 0.454 e. The zero-order chi connectivity index (χ0) is 21.3. The van der Waals surface area contributed by atoms with Gasteiger partial charge in [-0.3, -0.25) is 9.79 Å². The number of carbonyl (C=O) groups is 1. The number of alkyl halides is 2. The van der Waals surface area contributed by atoms with Gasteiger partial charge in [-0.15, -0.1) is 24.0 Å². The zero-order valence-electron chi connectivity index (χ0n) is 16.7. The third kappa shape index (κ3) is 7.12. The second-order valence-electron chi connectivity index (χ2n) is 6.17. The van der Waals surface area contributed by atoms with Crippen LogP contribution in [0.3, 0.4) is 0 Å². The van der Waals surface area contributed by atoms with Crippen LogP contribution in [0.25, 0.3) is 0 Å². The normalized spacial score (nSPS) is 12.2. The molecule has 3 N–H and O–H groups in total. The van der Waals surface area contributed by atoms with Gasteiger partial charge in [0.25, 0.3) is 5.91 Å². The number of rotatable bonds is 8. The predicted molar refractivity (Wildman–Crippen MR) is 122 cm³/mol. The molecule has 1 aliphatic rings. The van der Waals surface area contributed by atoms with Gasteiger partial charge in [0.1, 0.15) is 5.75 Å². The van der Waals surface area contributed by atoms with Crippen LogP contribution < -0.4 is 30.2 Å². The Labute approximate surface area is 195 Å². The van der Waals surface area contributed by atoms with E-state index in [1.54, 1.807) is 37.4 Å². The minimum atomic E-state index is -2.96. The highest BCUT2D eigenvalue weighted by atomic mass is 127. The van der Waals surface area contributed by atoms with Gasteiger partial charge < -0.3 is 30.2 Å². The van der Waals surface area contributed by atoms with E-state index in [-0.39, 0.29) is 49.0 Å². The first-order valence-electron chi connectivity index (χ1n) is 9.22. The van der Waals surface area contributed by atoms with Gasteiger partial charge in [0.15, 0.2) is 17.5 Å². The van der Waals surface area contributed by atoms with Crippen LogP contribution in [0, 0.1) is 0 Å². The maximum atomic E-state index is 12.7. The molecule has 0 radical (unpaired) electrons. The molecule has 0 fully saturated rings. The molecule has 0 saturated heterocycles. The van der Waals surface area contributed by atoms with Crippen molar-refractivity contribution in [2.45, 2.75) is 13.2 Å². The van der Waals surface area contributed by atoms with Crippen molar-refractivity contribution < 1.29 is 27.8 Å². The SMILES string of the molecule is CN=C(NCCNC(=O)c1ccccc1)NCc1cc2c(cc1OC(F)F)OCO2.I. The van der Waals surface area contributed by atoms with Gasteiger partial charge in [-0.1, -0.05) is 18.2 Å². The van der Waals surface area contributed by atoms with Gasteiger partial charge in [-0.2, -0.15) is 8.78 Å². The van der Waals surface area contributed by atoms with Crippen LogP contribution >= 0.6 is 24.0 Å². The molecule has 0 aliphatic carbocycles. The molecule has 168 valence electrons. The first-order chi connectivity index (χ1) is 14.6. The summed E-state index contributed by atoms with van der Waals surface area (Å²) in [6.45, 7) is -1.99. The molecule has 1 amide bonds. The maximum Gasteiger partial charge on any atom is 0.387 e. The van der Waals surface area contributed by atoms with Crippen LogP contribution in [-0.4, -0.2) is 45.4 Å². The minimum absolute atomic E-state index is 0. The number of hydrogen-bond donors (Lipinski definition) is 3. The predicted octanol–water partition coefficient (Wildman–Crippen LogP) is 2.73. The molecule has 11 heteroatoms. The van der Waals surface area contributed by atoms with E-state index in [9.17, 15) is 13.6 Å². The molecule has 2 aromatic carbocycles. The minimum Gasteiger partial charge on any atom is -0.454 e. The average molecular weight is 548 g/mol. The molecule has 0 spiro atoms. The van der Waals surface area contributed by atoms with Gasteiger partial charge in [0, 0.05) is 43.9 Å². The molecule has 31 heavy (non-hydrogen) atoms. The van der Waals surface area contributed by atoms with Gasteiger partial charge in [-0.05, 0) is 18.2 Å². The van der Waals surface area contributed by atoms with E-state index < -0.39 is 6.61 Å². The standard InChI is InChI=1S/C20H22F2N4O4.HI/c1-23-20(25-8-7-24-18(27)13-5-3-2-4-6-13)26-11-14-9-16-17(29-12-28-16)10-15(14)30-19(21)22;/h2-6,9-10,19H,7-8,11-12H2,1H3,(H,24,27)(H2,23,25,26);1H. The summed E-state index contributed by atoms with van der Waals surface area (Å²) < 4.78 is 40.5. The van der Waals surface area contributed by atoms with Gasteiger partial charge >= 0.3 is 6.61 Å². The van der Waals surface area contributed by atoms with Crippen molar-refractivity contribution >= 4 is 35.8 Å². The van der Waals surface area contributed by atoms with Crippen LogP contribution in [0.5, 0.6) is 17.2 Å². The molecule has 0 atom stereocenters. The maximum absolute atomic E-state index is 12.7. The fourth-order valence-electron chi connectivity index (χ4n) is 2.76. The van der Waals surface area contributed by atoms with Crippen LogP contribution in [-0.2, 0) is 6.54 Å². The van der Waals surface area contributed by atoms with Crippen molar-refractivity contribution in [3.63, 3.8) is 0 Å². The number of hydrogen-bond acceptors (Lipinski definition) is 5. The summed E-state index contributed by atoms with van der Waals surface area (Å²) >= 11 is 0. The smallest absolute Gasteiger partial charge is 0.387 e. The highest BCUT2D eigenvalue weighted by Gasteiger charge is 2.20. The Hall–Kier alpha value is -2.83. The van der Waals surface area contributed by atoms with E-state index in [0.717, 1.165) is 0 Å². The number of amides is 1. The number of fused-ring (bicyclic) bond motifs is 1. The van der Waals surface area contributed by atoms with Crippen molar-refractivity contribution in [3.05, 3.63) is 53.6 Å². The second kappa shape index (κ2) is 12.1. The average Bonchev–Trinajstić information content (AvgIpc) is 3.20. The molecule has 0 aromatic heterocycles. The molecule has 1 aliphatic heterocycles. The molecular weight excluding hydrogens is 525 g/mol. The lowest BCUT2D eigenvalue weighted by Gasteiger charge is -2.15. The Morgan fingerprint density at radius 3 is 2.45 bits per heavy atom. The highest BCUT2D eigenvalue weighted by molar-refractivity contribution is 14.0. The summed E-state index contributed by atoms with van der Waals surface area (Å²) in [5.74, 6) is 1.07. The summed E-state index contributed by atoms with van der Waals surface area (Å²) in [4.78, 5) is 16.1. The first-order valence-corrected chi connectivity index (χ1v) is 9.22. The van der Waals surface area contributed by atoms with Crippen molar-refractivity contribution in [3.8, 4) is 17.2 Å². The number of ether oxygens (including phenoxy) is 3. The number of nitrogens with one attached hydrogen (secondary N) is 3. The molecule has 0 bridgehead atoms. The summed E-state index contributed by atoms with van der Waals surface area (Å²) in [5, 5.41) is 8.85. The summed E-state index contributed by atoms with van der Waals surface area (Å²) in [5.41, 5.74) is 1.04. The number of nitrogens with zero attached hydrogens (tertiary/aromatic N) is 1. The van der Waals surface area contributed by atoms with E-state index in [1.807, 2.05) is 6.07 Å². The van der Waals surface area contributed by atoms with Crippen LogP contribution in [0.1, 0.15) is 15.9 Å². The van der Waals surface area contributed by atoms with E-state index in [2.05, 4.69) is 25.7 Å². The first kappa shape index (κ1) is 24.4. The summed E-state index contributed by atoms with van der Waals surface area (Å²) in [6.07, 6.45) is 0. The van der Waals surface area contributed by atoms with Crippen molar-refractivity contribution in [1.29, 1.82) is 0 Å². The lowest BCUT2D eigenvalue weighted by atomic mass is 10.1. The fraction of sp³-hybridized carbons (Fsp3) is 0.300. The fourth-order valence-corrected chi connectivity index (χ4v) is 2.76. The molecule has 3 rings (SSSR count). The Balaban J connectivity index is 0.00000341. The van der Waals surface area contributed by atoms with Gasteiger partial charge in [-0.25, -0.2) is 0 Å². The number of benzene rings is 2. The van der Waals surface area contributed by atoms with Crippen LogP contribution in [0.15, 0.2) is 47.5 Å². The lowest BCUT2D eigenvalue weighted by molar-refractivity contribution is -0.0505. The Kier molecular flexibility index (Phi) is 9.56. The molecular formula is C20H23F2IN4O4. The second-order valence-corrected chi connectivity index (χ2v) is 6.17. The lowest BCUT2D eigenvalue weighted by Crippen LogP contribution is -2.41. The molecule has 8 nitrogen and oxygen atoms in total. The van der Waals surface area contributed by atoms with Crippen LogP contribution in [0.2, 0.25) is 0 Å². The Morgan fingerprint density at radius 1 is 1.10 bits per heavy atom.